The molecule has 2 aromatic carbocycles. The quantitative estimate of drug-likeness (QED) is 0.602. The van der Waals surface area contributed by atoms with Crippen LogP contribution in [0.3, 0.4) is 0 Å². The van der Waals surface area contributed by atoms with E-state index in [1.54, 1.807) is 12.3 Å². The highest BCUT2D eigenvalue weighted by atomic mass is 16.3. The summed E-state index contributed by atoms with van der Waals surface area (Å²) in [4.78, 5) is 18.0. The van der Waals surface area contributed by atoms with Crippen LogP contribution < -0.4 is 0 Å². The molecule has 0 bridgehead atoms. The highest BCUT2D eigenvalue weighted by Crippen LogP contribution is 2.30. The Kier molecular flexibility index (Phi) is 4.11. The minimum Gasteiger partial charge on any atom is -0.507 e. The smallest absolute Gasteiger partial charge is 0.182 e. The van der Waals surface area contributed by atoms with Gasteiger partial charge in [-0.05, 0) is 36.8 Å². The van der Waals surface area contributed by atoms with Crippen LogP contribution in [0.5, 0.6) is 5.75 Å². The number of hydrogen-bond donors (Lipinski definition) is 1. The summed E-state index contributed by atoms with van der Waals surface area (Å²) in [6.07, 6.45) is 1.70. The average Bonchev–Trinajstić information content (AvgIpc) is 2.69. The fraction of sp³-hybridized carbons (Fsp3) is 0.0476. The number of phenols is 1. The predicted octanol–water partition coefficient (Wildman–Crippen LogP) is 4.28. The molecule has 0 aliphatic heterocycles. The van der Waals surface area contributed by atoms with Crippen LogP contribution in [0.15, 0.2) is 72.9 Å². The van der Waals surface area contributed by atoms with Gasteiger partial charge in [0, 0.05) is 11.8 Å². The molecule has 0 fully saturated rings. The van der Waals surface area contributed by atoms with Gasteiger partial charge in [0.1, 0.15) is 11.4 Å². The molecule has 5 heteroatoms. The van der Waals surface area contributed by atoms with Crippen molar-refractivity contribution in [2.24, 2.45) is 0 Å². The van der Waals surface area contributed by atoms with E-state index in [1.165, 1.54) is 0 Å². The van der Waals surface area contributed by atoms with E-state index in [0.29, 0.717) is 28.7 Å². The molecule has 0 saturated carbocycles. The molecule has 0 atom stereocenters. The summed E-state index contributed by atoms with van der Waals surface area (Å²) in [5.74, 6) is 1.56. The van der Waals surface area contributed by atoms with Crippen LogP contribution in [0.2, 0.25) is 0 Å². The van der Waals surface area contributed by atoms with E-state index < -0.39 is 0 Å². The van der Waals surface area contributed by atoms with Crippen LogP contribution in [0.1, 0.15) is 5.56 Å². The Morgan fingerprint density at radius 3 is 2.19 bits per heavy atom. The van der Waals surface area contributed by atoms with Gasteiger partial charge in [0.15, 0.2) is 17.5 Å². The fourth-order valence-corrected chi connectivity index (χ4v) is 2.65. The van der Waals surface area contributed by atoms with Crippen LogP contribution in [0, 0.1) is 6.92 Å². The molecule has 2 heterocycles. The Labute approximate surface area is 151 Å². The maximum Gasteiger partial charge on any atom is 0.182 e. The van der Waals surface area contributed by atoms with Crippen LogP contribution in [-0.4, -0.2) is 25.0 Å². The molecular weight excluding hydrogens is 324 g/mol. The second kappa shape index (κ2) is 6.72. The standard InChI is InChI=1S/C21H16N4O/c1-14-10-11-16(18(26)13-14)20-23-19(15-7-3-2-4-8-15)24-21(25-20)17-9-5-6-12-22-17/h2-13,26H,1H3. The van der Waals surface area contributed by atoms with Crippen molar-refractivity contribution in [1.29, 1.82) is 0 Å². The molecule has 5 nitrogen and oxygen atoms in total. The maximum atomic E-state index is 10.4. The van der Waals surface area contributed by atoms with Crippen molar-refractivity contribution in [3.05, 3.63) is 78.5 Å². The zero-order chi connectivity index (χ0) is 17.9. The first-order valence-corrected chi connectivity index (χ1v) is 8.23. The summed E-state index contributed by atoms with van der Waals surface area (Å²) in [5, 5.41) is 10.4. The molecule has 4 aromatic rings. The van der Waals surface area contributed by atoms with Crippen LogP contribution >= 0.6 is 0 Å². The number of nitrogens with zero attached hydrogens (tertiary/aromatic N) is 4. The summed E-state index contributed by atoms with van der Waals surface area (Å²) in [6, 6.07) is 20.7. The Morgan fingerprint density at radius 1 is 0.731 bits per heavy atom. The summed E-state index contributed by atoms with van der Waals surface area (Å²) in [6.45, 7) is 1.92. The number of pyridine rings is 1. The normalized spacial score (nSPS) is 10.7. The van der Waals surface area contributed by atoms with Gasteiger partial charge < -0.3 is 5.11 Å². The molecule has 0 radical (unpaired) electrons. The fourth-order valence-electron chi connectivity index (χ4n) is 2.65. The van der Waals surface area contributed by atoms with Crippen LogP contribution in [0.4, 0.5) is 0 Å². The lowest BCUT2D eigenvalue weighted by Gasteiger charge is -2.09. The number of rotatable bonds is 3. The van der Waals surface area contributed by atoms with Crippen molar-refractivity contribution < 1.29 is 5.11 Å². The molecule has 0 spiro atoms. The van der Waals surface area contributed by atoms with Crippen molar-refractivity contribution in [3.8, 4) is 40.0 Å². The Balaban J connectivity index is 1.94. The second-order valence-corrected chi connectivity index (χ2v) is 5.91. The predicted molar refractivity (Wildman–Crippen MR) is 100 cm³/mol. The van der Waals surface area contributed by atoms with E-state index in [1.807, 2.05) is 67.6 Å². The van der Waals surface area contributed by atoms with Gasteiger partial charge in [0.2, 0.25) is 0 Å². The molecule has 4 rings (SSSR count). The van der Waals surface area contributed by atoms with Gasteiger partial charge in [0.05, 0.1) is 5.56 Å². The number of hydrogen-bond acceptors (Lipinski definition) is 5. The molecule has 26 heavy (non-hydrogen) atoms. The molecule has 0 aliphatic carbocycles. The largest absolute Gasteiger partial charge is 0.507 e. The van der Waals surface area contributed by atoms with Gasteiger partial charge in [0.25, 0.3) is 0 Å². The Morgan fingerprint density at radius 2 is 1.46 bits per heavy atom. The molecule has 0 aliphatic rings. The Bertz CT molecular complexity index is 992. The molecule has 1 N–H and O–H groups in total. The van der Waals surface area contributed by atoms with E-state index in [0.717, 1.165) is 11.1 Å². The number of aromatic hydroxyl groups is 1. The molecule has 0 saturated heterocycles. The van der Waals surface area contributed by atoms with Gasteiger partial charge in [-0.3, -0.25) is 4.98 Å². The monoisotopic (exact) mass is 340 g/mol. The lowest BCUT2D eigenvalue weighted by Crippen LogP contribution is -2.01. The minimum absolute atomic E-state index is 0.141. The van der Waals surface area contributed by atoms with Gasteiger partial charge in [-0.2, -0.15) is 0 Å². The highest BCUT2D eigenvalue weighted by molar-refractivity contribution is 5.69. The molecule has 2 aromatic heterocycles. The highest BCUT2D eigenvalue weighted by Gasteiger charge is 2.14. The molecular formula is C21H16N4O. The van der Waals surface area contributed by atoms with E-state index >= 15 is 0 Å². The first-order chi connectivity index (χ1) is 12.7. The van der Waals surface area contributed by atoms with Gasteiger partial charge in [-0.1, -0.05) is 42.5 Å². The SMILES string of the molecule is Cc1ccc(-c2nc(-c3ccccc3)nc(-c3ccccn3)n2)c(O)c1. The van der Waals surface area contributed by atoms with Crippen LogP contribution in [0.25, 0.3) is 34.3 Å². The number of benzene rings is 2. The van der Waals surface area contributed by atoms with Crippen molar-refractivity contribution in [3.63, 3.8) is 0 Å². The third-order valence-electron chi connectivity index (χ3n) is 3.96. The topological polar surface area (TPSA) is 71.8 Å². The third-order valence-corrected chi connectivity index (χ3v) is 3.96. The number of aromatic nitrogens is 4. The number of phenolic OH excluding ortho intramolecular Hbond substituents is 1. The maximum absolute atomic E-state index is 10.4. The second-order valence-electron chi connectivity index (χ2n) is 5.91. The van der Waals surface area contributed by atoms with Crippen molar-refractivity contribution in [2.45, 2.75) is 6.92 Å². The first kappa shape index (κ1) is 15.9. The van der Waals surface area contributed by atoms with Crippen molar-refractivity contribution in [2.75, 3.05) is 0 Å². The third kappa shape index (κ3) is 3.15. The van der Waals surface area contributed by atoms with E-state index in [-0.39, 0.29) is 5.75 Å². The van der Waals surface area contributed by atoms with Crippen LogP contribution in [-0.2, 0) is 0 Å². The van der Waals surface area contributed by atoms with Gasteiger partial charge in [-0.25, -0.2) is 15.0 Å². The van der Waals surface area contributed by atoms with Gasteiger partial charge in [-0.15, -0.1) is 0 Å². The van der Waals surface area contributed by atoms with E-state index in [4.69, 9.17) is 0 Å². The van der Waals surface area contributed by atoms with E-state index in [2.05, 4.69) is 19.9 Å². The summed E-state index contributed by atoms with van der Waals surface area (Å²) < 4.78 is 0. The zero-order valence-electron chi connectivity index (χ0n) is 14.2. The van der Waals surface area contributed by atoms with Crippen molar-refractivity contribution in [1.82, 2.24) is 19.9 Å². The van der Waals surface area contributed by atoms with Gasteiger partial charge >= 0.3 is 0 Å². The summed E-state index contributed by atoms with van der Waals surface area (Å²) in [7, 11) is 0. The lowest BCUT2D eigenvalue weighted by molar-refractivity contribution is 0.476. The first-order valence-electron chi connectivity index (χ1n) is 8.23. The summed E-state index contributed by atoms with van der Waals surface area (Å²) >= 11 is 0. The number of aryl methyl sites for hydroxylation is 1. The molecule has 0 amide bonds. The Hall–Kier alpha value is -3.60. The van der Waals surface area contributed by atoms with E-state index in [9.17, 15) is 5.11 Å². The lowest BCUT2D eigenvalue weighted by atomic mass is 10.1. The van der Waals surface area contributed by atoms with Crippen molar-refractivity contribution >= 4 is 0 Å². The minimum atomic E-state index is 0.141. The summed E-state index contributed by atoms with van der Waals surface area (Å²) in [5.41, 5.74) is 3.06. The molecule has 0 unspecified atom stereocenters. The zero-order valence-corrected chi connectivity index (χ0v) is 14.2. The average molecular weight is 340 g/mol. The molecule has 126 valence electrons.